The number of carbonyl (C=O) groups is 2. The van der Waals surface area contributed by atoms with Crippen LogP contribution in [0.2, 0.25) is 0 Å². The maximum absolute atomic E-state index is 13.4. The van der Waals surface area contributed by atoms with E-state index in [1.165, 1.54) is 10.6 Å². The van der Waals surface area contributed by atoms with Crippen LogP contribution in [0.4, 0.5) is 5.69 Å². The lowest BCUT2D eigenvalue weighted by molar-refractivity contribution is -0.141. The topological polar surface area (TPSA) is 86.8 Å². The first-order valence-corrected chi connectivity index (χ1v) is 14.6. The van der Waals surface area contributed by atoms with Gasteiger partial charge in [-0.25, -0.2) is 8.42 Å². The van der Waals surface area contributed by atoms with E-state index in [0.717, 1.165) is 42.4 Å². The van der Waals surface area contributed by atoms with Crippen molar-refractivity contribution in [3.05, 3.63) is 65.2 Å². The molecule has 1 unspecified atom stereocenters. The van der Waals surface area contributed by atoms with Crippen molar-refractivity contribution < 1.29 is 18.0 Å². The number of aryl methyl sites for hydroxylation is 1. The summed E-state index contributed by atoms with van der Waals surface area (Å²) in [6, 6.07) is 14.8. The molecule has 0 bridgehead atoms. The Hall–Kier alpha value is -2.87. The van der Waals surface area contributed by atoms with Crippen LogP contribution in [-0.4, -0.2) is 50.0 Å². The Balaban J connectivity index is 1.72. The van der Waals surface area contributed by atoms with E-state index in [-0.39, 0.29) is 30.8 Å². The minimum atomic E-state index is -3.52. The molecule has 0 radical (unpaired) electrons. The van der Waals surface area contributed by atoms with Gasteiger partial charge in [0.1, 0.15) is 6.04 Å². The van der Waals surface area contributed by atoms with E-state index in [0.29, 0.717) is 18.7 Å². The van der Waals surface area contributed by atoms with Crippen LogP contribution >= 0.6 is 0 Å². The SMILES string of the molecule is Cc1cccc(N(CCCC(=O)N(Cc2ccccc2)C(C)C(=O)NC2CCCC2)S(C)(=O)=O)c1C. The zero-order valence-electron chi connectivity index (χ0n) is 21.9. The van der Waals surface area contributed by atoms with Crippen LogP contribution in [-0.2, 0) is 26.2 Å². The number of hydrogen-bond acceptors (Lipinski definition) is 4. The highest BCUT2D eigenvalue weighted by Crippen LogP contribution is 2.25. The summed E-state index contributed by atoms with van der Waals surface area (Å²) in [4.78, 5) is 28.0. The number of benzene rings is 2. The van der Waals surface area contributed by atoms with Crippen molar-refractivity contribution in [3.63, 3.8) is 0 Å². The highest BCUT2D eigenvalue weighted by Gasteiger charge is 2.29. The molecule has 7 nitrogen and oxygen atoms in total. The van der Waals surface area contributed by atoms with Gasteiger partial charge in [-0.3, -0.25) is 13.9 Å². The molecule has 2 aromatic rings. The predicted octanol–water partition coefficient (Wildman–Crippen LogP) is 4.33. The Bertz CT molecular complexity index is 1140. The van der Waals surface area contributed by atoms with Crippen LogP contribution in [0.25, 0.3) is 0 Å². The molecule has 1 fully saturated rings. The van der Waals surface area contributed by atoms with Crippen LogP contribution in [0.5, 0.6) is 0 Å². The molecule has 1 aliphatic rings. The third-order valence-electron chi connectivity index (χ3n) is 7.06. The molecule has 1 saturated carbocycles. The molecule has 1 aliphatic carbocycles. The number of nitrogens with one attached hydrogen (secondary N) is 1. The summed E-state index contributed by atoms with van der Waals surface area (Å²) in [6.45, 7) is 6.13. The fourth-order valence-corrected chi connectivity index (χ4v) is 5.76. The Labute approximate surface area is 215 Å². The Morgan fingerprint density at radius 2 is 1.69 bits per heavy atom. The van der Waals surface area contributed by atoms with E-state index < -0.39 is 16.1 Å². The molecule has 0 heterocycles. The first-order chi connectivity index (χ1) is 17.1. The number of amides is 2. The molecule has 1 N–H and O–H groups in total. The van der Waals surface area contributed by atoms with Crippen LogP contribution in [0.15, 0.2) is 48.5 Å². The standard InChI is InChI=1S/C28H39N3O4S/c1-21-12-10-17-26(22(21)2)31(36(4,34)35)19-11-18-27(32)30(20-24-13-6-5-7-14-24)23(3)28(33)29-25-15-8-9-16-25/h5-7,10,12-14,17,23,25H,8-9,11,15-16,18-20H2,1-4H3,(H,29,33). The van der Waals surface area contributed by atoms with Gasteiger partial charge in [-0.1, -0.05) is 55.3 Å². The molecule has 0 aromatic heterocycles. The number of anilines is 1. The number of sulfonamides is 1. The van der Waals surface area contributed by atoms with Crippen molar-refractivity contribution in [3.8, 4) is 0 Å². The summed E-state index contributed by atoms with van der Waals surface area (Å²) in [5, 5.41) is 3.11. The van der Waals surface area contributed by atoms with E-state index in [1.807, 2.05) is 56.3 Å². The molecular formula is C28H39N3O4S. The lowest BCUT2D eigenvalue weighted by Gasteiger charge is -2.30. The van der Waals surface area contributed by atoms with Crippen LogP contribution in [0.3, 0.4) is 0 Å². The lowest BCUT2D eigenvalue weighted by atomic mass is 10.1. The van der Waals surface area contributed by atoms with Gasteiger partial charge < -0.3 is 10.2 Å². The zero-order chi connectivity index (χ0) is 26.3. The van der Waals surface area contributed by atoms with E-state index >= 15 is 0 Å². The van der Waals surface area contributed by atoms with Gasteiger partial charge in [0.2, 0.25) is 21.8 Å². The Kier molecular flexibility index (Phi) is 9.54. The molecule has 2 amide bonds. The first-order valence-electron chi connectivity index (χ1n) is 12.8. The van der Waals surface area contributed by atoms with Gasteiger partial charge >= 0.3 is 0 Å². The molecule has 0 aliphatic heterocycles. The van der Waals surface area contributed by atoms with Crippen LogP contribution in [0, 0.1) is 13.8 Å². The van der Waals surface area contributed by atoms with Crippen LogP contribution < -0.4 is 9.62 Å². The highest BCUT2D eigenvalue weighted by atomic mass is 32.2. The molecule has 0 saturated heterocycles. The zero-order valence-corrected chi connectivity index (χ0v) is 22.7. The lowest BCUT2D eigenvalue weighted by Crippen LogP contribution is -2.49. The van der Waals surface area contributed by atoms with Gasteiger partial charge in [0.05, 0.1) is 11.9 Å². The van der Waals surface area contributed by atoms with Gasteiger partial charge in [0, 0.05) is 25.6 Å². The van der Waals surface area contributed by atoms with Gasteiger partial charge in [-0.05, 0) is 62.8 Å². The third kappa shape index (κ3) is 7.32. The van der Waals surface area contributed by atoms with E-state index in [9.17, 15) is 18.0 Å². The van der Waals surface area contributed by atoms with Gasteiger partial charge in [0.25, 0.3) is 0 Å². The minimum Gasteiger partial charge on any atom is -0.352 e. The van der Waals surface area contributed by atoms with Gasteiger partial charge in [-0.2, -0.15) is 0 Å². The van der Waals surface area contributed by atoms with Crippen molar-refractivity contribution in [2.24, 2.45) is 0 Å². The number of carbonyl (C=O) groups excluding carboxylic acids is 2. The number of hydrogen-bond donors (Lipinski definition) is 1. The maximum atomic E-state index is 13.4. The molecule has 8 heteroatoms. The quantitative estimate of drug-likeness (QED) is 0.485. The summed E-state index contributed by atoms with van der Waals surface area (Å²) < 4.78 is 26.5. The molecular weight excluding hydrogens is 474 g/mol. The molecule has 1 atom stereocenters. The summed E-state index contributed by atoms with van der Waals surface area (Å²) >= 11 is 0. The predicted molar refractivity (Wildman–Crippen MR) is 144 cm³/mol. The van der Waals surface area contributed by atoms with Crippen molar-refractivity contribution in [1.82, 2.24) is 10.2 Å². The second-order valence-corrected chi connectivity index (χ2v) is 11.7. The fraction of sp³-hybridized carbons (Fsp3) is 0.500. The molecule has 196 valence electrons. The van der Waals surface area contributed by atoms with Crippen LogP contribution in [0.1, 0.15) is 62.1 Å². The van der Waals surface area contributed by atoms with E-state index in [2.05, 4.69) is 5.32 Å². The molecule has 0 spiro atoms. The largest absolute Gasteiger partial charge is 0.352 e. The normalized spacial score (nSPS) is 14.9. The Morgan fingerprint density at radius 3 is 2.33 bits per heavy atom. The van der Waals surface area contributed by atoms with Crippen molar-refractivity contribution >= 4 is 27.5 Å². The van der Waals surface area contributed by atoms with Crippen molar-refractivity contribution in [1.29, 1.82) is 0 Å². The second kappa shape index (κ2) is 12.4. The first kappa shape index (κ1) is 27.7. The highest BCUT2D eigenvalue weighted by molar-refractivity contribution is 7.92. The van der Waals surface area contributed by atoms with Gasteiger partial charge in [0.15, 0.2) is 0 Å². The third-order valence-corrected chi connectivity index (χ3v) is 8.24. The number of rotatable bonds is 11. The van der Waals surface area contributed by atoms with E-state index in [1.54, 1.807) is 17.9 Å². The molecule has 2 aromatic carbocycles. The van der Waals surface area contributed by atoms with Gasteiger partial charge in [-0.15, -0.1) is 0 Å². The average Bonchev–Trinajstić information content (AvgIpc) is 3.35. The summed E-state index contributed by atoms with van der Waals surface area (Å²) in [5.74, 6) is -0.304. The summed E-state index contributed by atoms with van der Waals surface area (Å²) in [5.41, 5.74) is 3.49. The van der Waals surface area contributed by atoms with E-state index in [4.69, 9.17) is 0 Å². The minimum absolute atomic E-state index is 0.140. The summed E-state index contributed by atoms with van der Waals surface area (Å²) in [7, 11) is -3.52. The fourth-order valence-electron chi connectivity index (χ4n) is 4.74. The van der Waals surface area contributed by atoms with Crippen molar-refractivity contribution in [2.45, 2.75) is 77.9 Å². The molecule has 36 heavy (non-hydrogen) atoms. The maximum Gasteiger partial charge on any atom is 0.242 e. The monoisotopic (exact) mass is 513 g/mol. The smallest absolute Gasteiger partial charge is 0.242 e. The summed E-state index contributed by atoms with van der Waals surface area (Å²) in [6.07, 6.45) is 5.86. The number of nitrogens with zero attached hydrogens (tertiary/aromatic N) is 2. The van der Waals surface area contributed by atoms with Crippen molar-refractivity contribution in [2.75, 3.05) is 17.1 Å². The average molecular weight is 514 g/mol. The Morgan fingerprint density at radius 1 is 1.03 bits per heavy atom. The second-order valence-electron chi connectivity index (χ2n) is 9.83. The molecule has 3 rings (SSSR count).